The Hall–Kier alpha value is -0.360. The summed E-state index contributed by atoms with van der Waals surface area (Å²) in [5.74, 6) is 0.153. The van der Waals surface area contributed by atoms with Crippen LogP contribution in [-0.4, -0.2) is 28.9 Å². The van der Waals surface area contributed by atoms with Gasteiger partial charge in [-0.1, -0.05) is 13.8 Å². The van der Waals surface area contributed by atoms with Crippen LogP contribution < -0.4 is 5.73 Å². The van der Waals surface area contributed by atoms with E-state index < -0.39 is 6.04 Å². The highest BCUT2D eigenvalue weighted by Crippen LogP contribution is 2.15. The summed E-state index contributed by atoms with van der Waals surface area (Å²) in [6.45, 7) is 6.45. The standard InChI is InChI=1S/C11H19N3OS.2ClH/c1-7(2)10(12)11(15)14(4)5-9-8(3)13-6-16-9;;/h6-7,10H,5,12H2,1-4H3;2*1H. The molecular formula is C11H21Cl2N3OS. The van der Waals surface area contributed by atoms with E-state index in [-0.39, 0.29) is 36.6 Å². The molecule has 1 unspecified atom stereocenters. The zero-order valence-corrected chi connectivity index (χ0v) is 13.5. The molecule has 0 fully saturated rings. The molecule has 0 spiro atoms. The lowest BCUT2D eigenvalue weighted by atomic mass is 10.0. The van der Waals surface area contributed by atoms with Crippen LogP contribution in [0.4, 0.5) is 0 Å². The lowest BCUT2D eigenvalue weighted by Gasteiger charge is -2.23. The summed E-state index contributed by atoms with van der Waals surface area (Å²) in [7, 11) is 1.78. The van der Waals surface area contributed by atoms with Gasteiger partial charge in [-0.3, -0.25) is 4.79 Å². The fourth-order valence-corrected chi connectivity index (χ4v) is 2.14. The number of hydrogen-bond donors (Lipinski definition) is 1. The molecule has 18 heavy (non-hydrogen) atoms. The molecule has 1 amide bonds. The van der Waals surface area contributed by atoms with Crippen LogP contribution in [-0.2, 0) is 11.3 Å². The first-order valence-corrected chi connectivity index (χ1v) is 6.21. The predicted octanol–water partition coefficient (Wildman–Crippen LogP) is 2.24. The van der Waals surface area contributed by atoms with Crippen molar-refractivity contribution in [1.82, 2.24) is 9.88 Å². The van der Waals surface area contributed by atoms with E-state index in [1.165, 1.54) is 0 Å². The number of nitrogens with two attached hydrogens (primary N) is 1. The molecule has 0 aromatic carbocycles. The smallest absolute Gasteiger partial charge is 0.239 e. The van der Waals surface area contributed by atoms with E-state index in [1.807, 2.05) is 20.8 Å². The molecule has 0 aliphatic rings. The van der Waals surface area contributed by atoms with Crippen molar-refractivity contribution in [2.45, 2.75) is 33.4 Å². The van der Waals surface area contributed by atoms with E-state index >= 15 is 0 Å². The zero-order valence-electron chi connectivity index (χ0n) is 11.0. The average molecular weight is 314 g/mol. The lowest BCUT2D eigenvalue weighted by molar-refractivity contribution is -0.132. The van der Waals surface area contributed by atoms with Crippen LogP contribution >= 0.6 is 36.2 Å². The number of carbonyl (C=O) groups excluding carboxylic acids is 1. The monoisotopic (exact) mass is 313 g/mol. The topological polar surface area (TPSA) is 59.2 Å². The van der Waals surface area contributed by atoms with Crippen molar-refractivity contribution in [3.05, 3.63) is 16.1 Å². The van der Waals surface area contributed by atoms with Gasteiger partial charge >= 0.3 is 0 Å². The van der Waals surface area contributed by atoms with E-state index in [1.54, 1.807) is 28.8 Å². The summed E-state index contributed by atoms with van der Waals surface area (Å²) >= 11 is 1.57. The van der Waals surface area contributed by atoms with Crippen molar-refractivity contribution in [1.29, 1.82) is 0 Å². The number of aromatic nitrogens is 1. The first kappa shape index (κ1) is 20.0. The van der Waals surface area contributed by atoms with E-state index in [2.05, 4.69) is 4.98 Å². The Bertz CT molecular complexity index is 371. The number of likely N-dealkylation sites (N-methyl/N-ethyl adjacent to an activating group) is 1. The van der Waals surface area contributed by atoms with Gasteiger partial charge in [-0.25, -0.2) is 4.98 Å². The summed E-state index contributed by atoms with van der Waals surface area (Å²) in [6, 6.07) is -0.418. The molecule has 4 nitrogen and oxygen atoms in total. The van der Waals surface area contributed by atoms with Crippen molar-refractivity contribution in [3.8, 4) is 0 Å². The van der Waals surface area contributed by atoms with Crippen LogP contribution in [0, 0.1) is 12.8 Å². The van der Waals surface area contributed by atoms with E-state index in [0.717, 1.165) is 10.6 Å². The quantitative estimate of drug-likeness (QED) is 0.927. The van der Waals surface area contributed by atoms with Gasteiger partial charge in [-0.15, -0.1) is 36.2 Å². The number of hydrogen-bond acceptors (Lipinski definition) is 4. The van der Waals surface area contributed by atoms with Crippen molar-refractivity contribution < 1.29 is 4.79 Å². The first-order valence-electron chi connectivity index (χ1n) is 5.33. The van der Waals surface area contributed by atoms with Crippen molar-refractivity contribution in [2.24, 2.45) is 11.7 Å². The molecule has 0 aliphatic heterocycles. The lowest BCUT2D eigenvalue weighted by Crippen LogP contribution is -2.44. The van der Waals surface area contributed by atoms with Gasteiger partial charge in [0.2, 0.25) is 5.91 Å². The van der Waals surface area contributed by atoms with Gasteiger partial charge in [-0.2, -0.15) is 0 Å². The number of rotatable bonds is 4. The third-order valence-corrected chi connectivity index (χ3v) is 3.53. The molecule has 1 rings (SSSR count). The summed E-state index contributed by atoms with van der Waals surface area (Å²) in [5, 5.41) is 0. The maximum atomic E-state index is 11.9. The Kier molecular flexibility index (Phi) is 9.64. The molecule has 1 aromatic heterocycles. The van der Waals surface area contributed by atoms with Gasteiger partial charge in [0.25, 0.3) is 0 Å². The average Bonchev–Trinajstić information content (AvgIpc) is 2.62. The Morgan fingerprint density at radius 3 is 2.44 bits per heavy atom. The van der Waals surface area contributed by atoms with Crippen LogP contribution in [0.5, 0.6) is 0 Å². The van der Waals surface area contributed by atoms with Gasteiger partial charge in [0.05, 0.1) is 23.8 Å². The molecule has 0 saturated heterocycles. The first-order chi connectivity index (χ1) is 7.43. The highest BCUT2D eigenvalue weighted by Gasteiger charge is 2.21. The molecule has 1 heterocycles. The Morgan fingerprint density at radius 1 is 1.50 bits per heavy atom. The maximum Gasteiger partial charge on any atom is 0.239 e. The molecule has 1 aromatic rings. The largest absolute Gasteiger partial charge is 0.339 e. The van der Waals surface area contributed by atoms with Gasteiger partial charge < -0.3 is 10.6 Å². The third-order valence-electron chi connectivity index (χ3n) is 2.61. The Labute approximate surface area is 125 Å². The van der Waals surface area contributed by atoms with E-state index in [4.69, 9.17) is 5.73 Å². The van der Waals surface area contributed by atoms with Crippen molar-refractivity contribution >= 4 is 42.1 Å². The third kappa shape index (κ3) is 5.10. The van der Waals surface area contributed by atoms with Crippen LogP contribution in [0.1, 0.15) is 24.4 Å². The fraction of sp³-hybridized carbons (Fsp3) is 0.636. The van der Waals surface area contributed by atoms with Crippen molar-refractivity contribution in [2.75, 3.05) is 7.05 Å². The predicted molar refractivity (Wildman–Crippen MR) is 80.6 cm³/mol. The SMILES string of the molecule is Cc1ncsc1CN(C)C(=O)C(N)C(C)C.Cl.Cl. The van der Waals surface area contributed by atoms with E-state index in [0.29, 0.717) is 6.54 Å². The van der Waals surface area contributed by atoms with E-state index in [9.17, 15) is 4.79 Å². The number of thiazole rings is 1. The molecule has 2 N–H and O–H groups in total. The molecule has 0 aliphatic carbocycles. The number of carbonyl (C=O) groups is 1. The summed E-state index contributed by atoms with van der Waals surface area (Å²) in [5.41, 5.74) is 8.61. The molecule has 106 valence electrons. The minimum absolute atomic E-state index is 0. The fourth-order valence-electron chi connectivity index (χ4n) is 1.31. The van der Waals surface area contributed by atoms with Crippen LogP contribution in [0.15, 0.2) is 5.51 Å². The Morgan fingerprint density at radius 2 is 2.06 bits per heavy atom. The van der Waals surface area contributed by atoms with Gasteiger partial charge in [-0.05, 0) is 12.8 Å². The Balaban J connectivity index is 0. The normalized spacial score (nSPS) is 11.4. The number of nitrogens with zero attached hydrogens (tertiary/aromatic N) is 2. The number of halogens is 2. The molecule has 7 heteroatoms. The van der Waals surface area contributed by atoms with Crippen LogP contribution in [0.3, 0.4) is 0 Å². The van der Waals surface area contributed by atoms with Gasteiger partial charge in [0.1, 0.15) is 0 Å². The minimum Gasteiger partial charge on any atom is -0.339 e. The van der Waals surface area contributed by atoms with Crippen LogP contribution in [0.25, 0.3) is 0 Å². The zero-order chi connectivity index (χ0) is 12.3. The van der Waals surface area contributed by atoms with Crippen LogP contribution in [0.2, 0.25) is 0 Å². The minimum atomic E-state index is -0.418. The number of amides is 1. The highest BCUT2D eigenvalue weighted by molar-refractivity contribution is 7.09. The molecule has 0 radical (unpaired) electrons. The van der Waals surface area contributed by atoms with Crippen molar-refractivity contribution in [3.63, 3.8) is 0 Å². The number of aryl methyl sites for hydroxylation is 1. The highest BCUT2D eigenvalue weighted by atomic mass is 35.5. The summed E-state index contributed by atoms with van der Waals surface area (Å²) in [4.78, 5) is 18.9. The molecule has 0 bridgehead atoms. The molecular weight excluding hydrogens is 293 g/mol. The summed E-state index contributed by atoms with van der Waals surface area (Å²) in [6.07, 6.45) is 0. The second-order valence-electron chi connectivity index (χ2n) is 4.33. The maximum absolute atomic E-state index is 11.9. The second-order valence-corrected chi connectivity index (χ2v) is 5.26. The summed E-state index contributed by atoms with van der Waals surface area (Å²) < 4.78 is 0. The molecule has 0 saturated carbocycles. The molecule has 1 atom stereocenters. The second kappa shape index (κ2) is 8.69. The van der Waals surface area contributed by atoms with Gasteiger partial charge in [0, 0.05) is 11.9 Å². The van der Waals surface area contributed by atoms with Gasteiger partial charge in [0.15, 0.2) is 0 Å².